The summed E-state index contributed by atoms with van der Waals surface area (Å²) >= 11 is 0.830. The van der Waals surface area contributed by atoms with E-state index in [4.69, 9.17) is 0 Å². The average molecular weight is 346 g/mol. The van der Waals surface area contributed by atoms with Crippen LogP contribution in [-0.2, 0) is 19.9 Å². The summed E-state index contributed by atoms with van der Waals surface area (Å²) in [6, 6.07) is 6.18. The van der Waals surface area contributed by atoms with Gasteiger partial charge in [0.1, 0.15) is 0 Å². The molecule has 0 bridgehead atoms. The van der Waals surface area contributed by atoms with Gasteiger partial charge in [-0.25, -0.2) is 26.5 Å². The summed E-state index contributed by atoms with van der Waals surface area (Å²) in [6.45, 7) is 3.40. The lowest BCUT2D eigenvalue weighted by Gasteiger charge is -2.05. The van der Waals surface area contributed by atoms with E-state index in [2.05, 4.69) is 9.71 Å². The molecule has 21 heavy (non-hydrogen) atoms. The molecule has 1 heterocycles. The second kappa shape index (κ2) is 5.48. The Bertz CT molecular complexity index is 866. The van der Waals surface area contributed by atoms with Gasteiger partial charge in [-0.3, -0.25) is 0 Å². The minimum atomic E-state index is -3.98. The molecule has 9 heteroatoms. The molecule has 1 aromatic heterocycles. The smallest absolute Gasteiger partial charge is 0.228 e. The fourth-order valence-corrected chi connectivity index (χ4v) is 6.06. The predicted molar refractivity (Wildman–Crippen MR) is 79.7 cm³/mol. The number of benzene rings is 1. The SMILES string of the molecule is CNS(=O)(=O)c1sc(C)nc1S(=O)(=O)c1ccc(C)cc1. The van der Waals surface area contributed by atoms with Crippen molar-refractivity contribution >= 4 is 31.2 Å². The number of sulfonamides is 1. The summed E-state index contributed by atoms with van der Waals surface area (Å²) < 4.78 is 50.9. The molecule has 2 rings (SSSR count). The minimum Gasteiger partial charge on any atom is -0.228 e. The summed E-state index contributed by atoms with van der Waals surface area (Å²) in [5, 5.41) is -0.0577. The van der Waals surface area contributed by atoms with E-state index in [0.717, 1.165) is 16.9 Å². The van der Waals surface area contributed by atoms with Gasteiger partial charge in [0.2, 0.25) is 9.84 Å². The summed E-state index contributed by atoms with van der Waals surface area (Å²) in [7, 11) is -6.63. The molecule has 0 saturated heterocycles. The summed E-state index contributed by atoms with van der Waals surface area (Å²) in [6.07, 6.45) is 0. The fourth-order valence-electron chi connectivity index (χ4n) is 1.65. The second-order valence-corrected chi connectivity index (χ2v) is 9.50. The van der Waals surface area contributed by atoms with E-state index in [1.54, 1.807) is 19.1 Å². The van der Waals surface area contributed by atoms with Gasteiger partial charge in [0.05, 0.1) is 9.90 Å². The maximum Gasteiger partial charge on any atom is 0.252 e. The third-order valence-corrected chi connectivity index (χ3v) is 7.62. The van der Waals surface area contributed by atoms with Crippen LogP contribution >= 0.6 is 11.3 Å². The van der Waals surface area contributed by atoms with Crippen molar-refractivity contribution in [2.75, 3.05) is 7.05 Å². The molecule has 0 aliphatic heterocycles. The number of sulfone groups is 1. The van der Waals surface area contributed by atoms with E-state index in [1.165, 1.54) is 19.2 Å². The molecule has 0 aliphatic carbocycles. The Morgan fingerprint density at radius 3 is 2.14 bits per heavy atom. The number of nitrogens with zero attached hydrogens (tertiary/aromatic N) is 1. The molecule has 0 atom stereocenters. The molecule has 2 aromatic rings. The lowest BCUT2D eigenvalue weighted by molar-refractivity contribution is 0.577. The molecule has 114 valence electrons. The maximum atomic E-state index is 12.6. The Hall–Kier alpha value is -1.29. The van der Waals surface area contributed by atoms with Gasteiger partial charge in [0, 0.05) is 0 Å². The van der Waals surface area contributed by atoms with Crippen molar-refractivity contribution in [2.24, 2.45) is 0 Å². The third-order valence-electron chi connectivity index (χ3n) is 2.77. The van der Waals surface area contributed by atoms with Crippen molar-refractivity contribution in [3.63, 3.8) is 0 Å². The molecular weight excluding hydrogens is 332 g/mol. The molecule has 0 fully saturated rings. The topological polar surface area (TPSA) is 93.2 Å². The first kappa shape index (κ1) is 16.1. The van der Waals surface area contributed by atoms with Crippen LogP contribution < -0.4 is 4.72 Å². The first-order valence-electron chi connectivity index (χ1n) is 5.91. The number of hydrogen-bond donors (Lipinski definition) is 1. The highest BCUT2D eigenvalue weighted by molar-refractivity contribution is 7.95. The Morgan fingerprint density at radius 1 is 1.05 bits per heavy atom. The second-order valence-electron chi connectivity index (χ2n) is 4.35. The van der Waals surface area contributed by atoms with E-state index in [1.807, 2.05) is 6.92 Å². The largest absolute Gasteiger partial charge is 0.252 e. The van der Waals surface area contributed by atoms with Crippen molar-refractivity contribution in [3.8, 4) is 0 Å². The Morgan fingerprint density at radius 2 is 1.62 bits per heavy atom. The van der Waals surface area contributed by atoms with Crippen LogP contribution in [0, 0.1) is 13.8 Å². The van der Waals surface area contributed by atoms with Crippen LogP contribution in [0.2, 0.25) is 0 Å². The van der Waals surface area contributed by atoms with Gasteiger partial charge in [-0.1, -0.05) is 17.7 Å². The van der Waals surface area contributed by atoms with Crippen molar-refractivity contribution in [3.05, 3.63) is 34.8 Å². The number of aromatic nitrogens is 1. The van der Waals surface area contributed by atoms with Crippen LogP contribution in [0.3, 0.4) is 0 Å². The van der Waals surface area contributed by atoms with Crippen LogP contribution in [0.5, 0.6) is 0 Å². The molecule has 6 nitrogen and oxygen atoms in total. The van der Waals surface area contributed by atoms with Crippen LogP contribution in [0.4, 0.5) is 0 Å². The average Bonchev–Trinajstić information content (AvgIpc) is 2.83. The number of nitrogens with one attached hydrogen (secondary N) is 1. The summed E-state index contributed by atoms with van der Waals surface area (Å²) in [5.41, 5.74) is 0.909. The van der Waals surface area contributed by atoms with Gasteiger partial charge in [0.25, 0.3) is 10.0 Å². The third kappa shape index (κ3) is 3.00. The number of hydrogen-bond acceptors (Lipinski definition) is 6. The van der Waals surface area contributed by atoms with Gasteiger partial charge in [-0.2, -0.15) is 0 Å². The van der Waals surface area contributed by atoms with Crippen molar-refractivity contribution < 1.29 is 16.8 Å². The standard InChI is InChI=1S/C12H14N2O4S3/c1-8-4-6-10(7-5-8)20(15,16)11-12(19-9(2)14-11)21(17,18)13-3/h4-7,13H,1-3H3. The highest BCUT2D eigenvalue weighted by Gasteiger charge is 2.31. The van der Waals surface area contributed by atoms with E-state index in [9.17, 15) is 16.8 Å². The monoisotopic (exact) mass is 346 g/mol. The van der Waals surface area contributed by atoms with E-state index >= 15 is 0 Å². The van der Waals surface area contributed by atoms with Crippen LogP contribution in [-0.4, -0.2) is 28.9 Å². The highest BCUT2D eigenvalue weighted by Crippen LogP contribution is 2.31. The maximum absolute atomic E-state index is 12.6. The lowest BCUT2D eigenvalue weighted by Crippen LogP contribution is -2.20. The molecule has 0 spiro atoms. The Kier molecular flexibility index (Phi) is 4.20. The molecule has 0 amide bonds. The molecule has 0 radical (unpaired) electrons. The zero-order valence-corrected chi connectivity index (χ0v) is 14.1. The van der Waals surface area contributed by atoms with Gasteiger partial charge < -0.3 is 0 Å². The fraction of sp³-hybridized carbons (Fsp3) is 0.250. The zero-order valence-electron chi connectivity index (χ0n) is 11.6. The van der Waals surface area contributed by atoms with Crippen molar-refractivity contribution in [2.45, 2.75) is 28.0 Å². The van der Waals surface area contributed by atoms with Crippen LogP contribution in [0.1, 0.15) is 10.6 Å². The molecule has 0 saturated carbocycles. The Labute approximate surface area is 127 Å². The quantitative estimate of drug-likeness (QED) is 0.905. The van der Waals surface area contributed by atoms with E-state index < -0.39 is 24.9 Å². The first-order chi connectivity index (χ1) is 9.68. The molecule has 0 aliphatic rings. The van der Waals surface area contributed by atoms with Crippen LogP contribution in [0.15, 0.2) is 38.4 Å². The van der Waals surface area contributed by atoms with Crippen LogP contribution in [0.25, 0.3) is 0 Å². The minimum absolute atomic E-state index is 0.0194. The lowest BCUT2D eigenvalue weighted by atomic mass is 10.2. The predicted octanol–water partition coefficient (Wildman–Crippen LogP) is 1.50. The molecule has 0 unspecified atom stereocenters. The van der Waals surface area contributed by atoms with Gasteiger partial charge in [0.15, 0.2) is 9.24 Å². The van der Waals surface area contributed by atoms with E-state index in [-0.39, 0.29) is 9.10 Å². The first-order valence-corrected chi connectivity index (χ1v) is 9.69. The number of rotatable bonds is 4. The normalized spacial score (nSPS) is 12.5. The highest BCUT2D eigenvalue weighted by atomic mass is 32.2. The zero-order chi connectivity index (χ0) is 15.8. The van der Waals surface area contributed by atoms with Gasteiger partial charge in [-0.05, 0) is 33.0 Å². The van der Waals surface area contributed by atoms with Gasteiger partial charge >= 0.3 is 0 Å². The van der Waals surface area contributed by atoms with Crippen molar-refractivity contribution in [1.29, 1.82) is 0 Å². The Balaban J connectivity index is 2.69. The number of aryl methyl sites for hydroxylation is 2. The number of thiazole rings is 1. The summed E-state index contributed by atoms with van der Waals surface area (Å²) in [4.78, 5) is 3.93. The molecular formula is C12H14N2O4S3. The van der Waals surface area contributed by atoms with E-state index in [0.29, 0.717) is 5.01 Å². The molecule has 1 aromatic carbocycles. The van der Waals surface area contributed by atoms with Gasteiger partial charge in [-0.15, -0.1) is 11.3 Å². The summed E-state index contributed by atoms with van der Waals surface area (Å²) in [5.74, 6) is 0. The van der Waals surface area contributed by atoms with Crippen molar-refractivity contribution in [1.82, 2.24) is 9.71 Å². The molecule has 1 N–H and O–H groups in total.